The third-order valence-electron chi connectivity index (χ3n) is 4.71. The van der Waals surface area contributed by atoms with Crippen LogP contribution in [0.25, 0.3) is 0 Å². The average molecular weight is 305 g/mol. The molecule has 3 heteroatoms. The summed E-state index contributed by atoms with van der Waals surface area (Å²) in [7, 11) is 0. The molecule has 1 aromatic heterocycles. The summed E-state index contributed by atoms with van der Waals surface area (Å²) in [6.45, 7) is 8.92. The van der Waals surface area contributed by atoms with Crippen molar-refractivity contribution in [3.8, 4) is 0 Å². The van der Waals surface area contributed by atoms with Crippen LogP contribution in [0.15, 0.2) is 24.5 Å². The van der Waals surface area contributed by atoms with Gasteiger partial charge in [0.05, 0.1) is 0 Å². The Morgan fingerprint density at radius 3 is 2.90 bits per heavy atom. The lowest BCUT2D eigenvalue weighted by molar-refractivity contribution is -0.121. The quantitative estimate of drug-likeness (QED) is 0.805. The van der Waals surface area contributed by atoms with Gasteiger partial charge >= 0.3 is 0 Å². The molecule has 0 amide bonds. The summed E-state index contributed by atoms with van der Waals surface area (Å²) in [6.07, 6.45) is 8.22. The van der Waals surface area contributed by atoms with Crippen LogP contribution in [0.2, 0.25) is 0 Å². The fourth-order valence-corrected chi connectivity index (χ4v) is 5.06. The largest absolute Gasteiger partial charge is 0.287 e. The van der Waals surface area contributed by atoms with Gasteiger partial charge in [-0.15, -0.1) is 0 Å². The lowest BCUT2D eigenvalue weighted by atomic mass is 9.65. The predicted molar refractivity (Wildman–Crippen MR) is 90.3 cm³/mol. The molecule has 1 fully saturated rings. The van der Waals surface area contributed by atoms with Crippen LogP contribution in [0.1, 0.15) is 52.5 Å². The van der Waals surface area contributed by atoms with E-state index < -0.39 is 0 Å². The first-order valence-corrected chi connectivity index (χ1v) is 8.87. The summed E-state index contributed by atoms with van der Waals surface area (Å²) in [4.78, 5) is 16.9. The van der Waals surface area contributed by atoms with E-state index in [1.165, 1.54) is 24.8 Å². The molecule has 0 saturated heterocycles. The molecule has 0 N–H and O–H groups in total. The standard InChI is InChI=1S/C18H27NOS/c1-13-7-5-9-18(3,4)16(13)17(20)21-14(2)11-15-8-6-10-19-12-15/h6,8,10,12-14,16H,5,7,9,11H2,1-4H3. The highest BCUT2D eigenvalue weighted by Gasteiger charge is 2.41. The predicted octanol–water partition coefficient (Wildman–Crippen LogP) is 4.73. The van der Waals surface area contributed by atoms with Crippen LogP contribution < -0.4 is 0 Å². The smallest absolute Gasteiger partial charge is 0.193 e. The van der Waals surface area contributed by atoms with Crippen molar-refractivity contribution in [1.82, 2.24) is 4.98 Å². The van der Waals surface area contributed by atoms with Crippen molar-refractivity contribution in [3.63, 3.8) is 0 Å². The number of thioether (sulfide) groups is 1. The molecule has 2 nitrogen and oxygen atoms in total. The normalized spacial score (nSPS) is 26.3. The average Bonchev–Trinajstić information content (AvgIpc) is 2.38. The Hall–Kier alpha value is -0.830. The summed E-state index contributed by atoms with van der Waals surface area (Å²) in [5.41, 5.74) is 1.36. The number of carbonyl (C=O) groups is 1. The minimum atomic E-state index is 0.149. The molecule has 2 rings (SSSR count). The highest BCUT2D eigenvalue weighted by Crippen LogP contribution is 2.46. The van der Waals surface area contributed by atoms with Crippen molar-refractivity contribution >= 4 is 16.9 Å². The van der Waals surface area contributed by atoms with E-state index in [-0.39, 0.29) is 11.3 Å². The molecule has 0 spiro atoms. The molecule has 0 bridgehead atoms. The third kappa shape index (κ3) is 4.32. The van der Waals surface area contributed by atoms with Crippen LogP contribution in [-0.2, 0) is 11.2 Å². The summed E-state index contributed by atoms with van der Waals surface area (Å²) >= 11 is 1.54. The Bertz CT molecular complexity index is 471. The van der Waals surface area contributed by atoms with Gasteiger partial charge in [0, 0.05) is 23.6 Å². The van der Waals surface area contributed by atoms with Crippen molar-refractivity contribution < 1.29 is 4.79 Å². The van der Waals surface area contributed by atoms with E-state index in [4.69, 9.17) is 0 Å². The van der Waals surface area contributed by atoms with Crippen LogP contribution in [-0.4, -0.2) is 15.3 Å². The van der Waals surface area contributed by atoms with E-state index in [9.17, 15) is 4.79 Å². The summed E-state index contributed by atoms with van der Waals surface area (Å²) in [5.74, 6) is 0.715. The molecule has 21 heavy (non-hydrogen) atoms. The zero-order chi connectivity index (χ0) is 15.5. The first kappa shape index (κ1) is 16.5. The van der Waals surface area contributed by atoms with E-state index in [0.29, 0.717) is 16.3 Å². The van der Waals surface area contributed by atoms with Gasteiger partial charge in [-0.25, -0.2) is 0 Å². The summed E-state index contributed by atoms with van der Waals surface area (Å²) < 4.78 is 0. The van der Waals surface area contributed by atoms with Gasteiger partial charge < -0.3 is 0 Å². The molecule has 1 saturated carbocycles. The molecule has 3 unspecified atom stereocenters. The van der Waals surface area contributed by atoms with Gasteiger partial charge in [-0.3, -0.25) is 9.78 Å². The maximum absolute atomic E-state index is 12.8. The van der Waals surface area contributed by atoms with Crippen molar-refractivity contribution in [2.75, 3.05) is 0 Å². The lowest BCUT2D eigenvalue weighted by Crippen LogP contribution is -2.38. The van der Waals surface area contributed by atoms with Gasteiger partial charge in [0.2, 0.25) is 0 Å². The van der Waals surface area contributed by atoms with Crippen molar-refractivity contribution in [2.24, 2.45) is 17.3 Å². The van der Waals surface area contributed by atoms with Crippen molar-refractivity contribution in [2.45, 2.75) is 58.6 Å². The summed E-state index contributed by atoms with van der Waals surface area (Å²) in [6, 6.07) is 4.04. The topological polar surface area (TPSA) is 30.0 Å². The van der Waals surface area contributed by atoms with Crippen LogP contribution in [0.5, 0.6) is 0 Å². The highest BCUT2D eigenvalue weighted by atomic mass is 32.2. The minimum Gasteiger partial charge on any atom is -0.287 e. The molecular weight excluding hydrogens is 278 g/mol. The van der Waals surface area contributed by atoms with Crippen LogP contribution >= 0.6 is 11.8 Å². The number of hydrogen-bond donors (Lipinski definition) is 0. The molecule has 1 aromatic rings. The van der Waals surface area contributed by atoms with Gasteiger partial charge in [0.1, 0.15) is 0 Å². The number of aromatic nitrogens is 1. The molecule has 3 atom stereocenters. The molecule has 0 radical (unpaired) electrons. The van der Waals surface area contributed by atoms with Crippen LogP contribution in [0, 0.1) is 17.3 Å². The molecule has 0 aromatic carbocycles. The Kier molecular flexibility index (Phi) is 5.48. The second kappa shape index (κ2) is 6.95. The second-order valence-electron chi connectivity index (χ2n) is 7.15. The number of pyridine rings is 1. The van der Waals surface area contributed by atoms with E-state index in [2.05, 4.69) is 38.7 Å². The van der Waals surface area contributed by atoms with E-state index in [1.54, 1.807) is 18.0 Å². The minimum absolute atomic E-state index is 0.149. The molecule has 1 aliphatic carbocycles. The Balaban J connectivity index is 1.96. The number of carbonyl (C=O) groups excluding carboxylic acids is 1. The summed E-state index contributed by atoms with van der Waals surface area (Å²) in [5, 5.41) is 0.704. The number of rotatable bonds is 4. The number of hydrogen-bond acceptors (Lipinski definition) is 3. The monoisotopic (exact) mass is 305 g/mol. The molecule has 0 aliphatic heterocycles. The lowest BCUT2D eigenvalue weighted by Gasteiger charge is -2.41. The highest BCUT2D eigenvalue weighted by molar-refractivity contribution is 8.14. The third-order valence-corrected chi connectivity index (χ3v) is 5.76. The van der Waals surface area contributed by atoms with Gasteiger partial charge in [-0.2, -0.15) is 0 Å². The van der Waals surface area contributed by atoms with Crippen molar-refractivity contribution in [3.05, 3.63) is 30.1 Å². The van der Waals surface area contributed by atoms with Gasteiger partial charge in [-0.05, 0) is 42.2 Å². The zero-order valence-corrected chi connectivity index (χ0v) is 14.5. The van der Waals surface area contributed by atoms with Crippen molar-refractivity contribution in [1.29, 1.82) is 0 Å². The fourth-order valence-electron chi connectivity index (χ4n) is 3.69. The van der Waals surface area contributed by atoms with E-state index in [1.807, 2.05) is 12.3 Å². The Labute approximate surface area is 133 Å². The molecular formula is C18H27NOS. The fraction of sp³-hybridized carbons (Fsp3) is 0.667. The van der Waals surface area contributed by atoms with E-state index >= 15 is 0 Å². The second-order valence-corrected chi connectivity index (χ2v) is 8.59. The molecule has 116 valence electrons. The van der Waals surface area contributed by atoms with Gasteiger partial charge in [0.25, 0.3) is 0 Å². The van der Waals surface area contributed by atoms with Crippen LogP contribution in [0.3, 0.4) is 0 Å². The van der Waals surface area contributed by atoms with E-state index in [0.717, 1.165) is 6.42 Å². The molecule has 1 heterocycles. The maximum atomic E-state index is 12.8. The van der Waals surface area contributed by atoms with Gasteiger partial charge in [-0.1, -0.05) is 51.9 Å². The Morgan fingerprint density at radius 1 is 1.52 bits per heavy atom. The Morgan fingerprint density at radius 2 is 2.29 bits per heavy atom. The zero-order valence-electron chi connectivity index (χ0n) is 13.6. The van der Waals surface area contributed by atoms with Gasteiger partial charge in [0.15, 0.2) is 5.12 Å². The SMILES string of the molecule is CC(Cc1cccnc1)SC(=O)C1C(C)CCCC1(C)C. The molecule has 1 aliphatic rings. The maximum Gasteiger partial charge on any atom is 0.193 e. The first-order valence-electron chi connectivity index (χ1n) is 7.99. The van der Waals surface area contributed by atoms with Crippen LogP contribution in [0.4, 0.5) is 0 Å². The number of nitrogens with zero attached hydrogens (tertiary/aromatic N) is 1. The first-order chi connectivity index (χ1) is 9.90.